The summed E-state index contributed by atoms with van der Waals surface area (Å²) in [7, 11) is 3.10. The number of methoxy groups -OCH3 is 1. The fraction of sp³-hybridized carbons (Fsp3) is 0.364. The smallest absolute Gasteiger partial charge is 0.325 e. The largest absolute Gasteiger partial charge is 0.468 e. The van der Waals surface area contributed by atoms with Gasteiger partial charge in [0.15, 0.2) is 0 Å². The molecule has 5 nitrogen and oxygen atoms in total. The first-order chi connectivity index (χ1) is 7.93. The van der Waals surface area contributed by atoms with Crippen molar-refractivity contribution in [2.24, 2.45) is 5.73 Å². The van der Waals surface area contributed by atoms with Gasteiger partial charge >= 0.3 is 5.97 Å². The number of aryl methyl sites for hydroxylation is 1. The van der Waals surface area contributed by atoms with E-state index in [4.69, 9.17) is 18.0 Å². The number of likely N-dealkylation sites (N-methyl/N-ethyl adjacent to an activating group) is 1. The van der Waals surface area contributed by atoms with Crippen molar-refractivity contribution in [1.82, 2.24) is 4.98 Å². The topological polar surface area (TPSA) is 68.5 Å². The number of hydrogen-bond acceptors (Lipinski definition) is 5. The standard InChI is InChI=1S/C11H15N3O2S/c1-7-4-8(11(12)17)5-9(13-7)14(2)6-10(15)16-3/h4-5H,6H2,1-3H3,(H2,12,17). The SMILES string of the molecule is COC(=O)CN(C)c1cc(C(N)=S)cc(C)n1. The highest BCUT2D eigenvalue weighted by molar-refractivity contribution is 7.80. The number of ether oxygens (including phenoxy) is 1. The molecule has 0 fully saturated rings. The quantitative estimate of drug-likeness (QED) is 0.627. The fourth-order valence-electron chi connectivity index (χ4n) is 1.33. The summed E-state index contributed by atoms with van der Waals surface area (Å²) in [5, 5.41) is 0. The Bertz CT molecular complexity index is 448. The maximum absolute atomic E-state index is 11.2. The van der Waals surface area contributed by atoms with E-state index in [-0.39, 0.29) is 12.5 Å². The van der Waals surface area contributed by atoms with Crippen molar-refractivity contribution in [3.8, 4) is 0 Å². The second kappa shape index (κ2) is 5.58. The molecule has 0 unspecified atom stereocenters. The van der Waals surface area contributed by atoms with E-state index in [9.17, 15) is 4.79 Å². The minimum Gasteiger partial charge on any atom is -0.468 e. The molecule has 92 valence electrons. The molecular formula is C11H15N3O2S. The number of esters is 1. The van der Waals surface area contributed by atoms with Crippen molar-refractivity contribution >= 4 is 29.0 Å². The van der Waals surface area contributed by atoms with Crippen LogP contribution in [0.3, 0.4) is 0 Å². The van der Waals surface area contributed by atoms with E-state index >= 15 is 0 Å². The first kappa shape index (κ1) is 13.4. The molecule has 1 aromatic rings. The minimum absolute atomic E-state index is 0.129. The second-order valence-corrected chi connectivity index (χ2v) is 4.09. The van der Waals surface area contributed by atoms with Gasteiger partial charge in [0, 0.05) is 18.3 Å². The van der Waals surface area contributed by atoms with Crippen LogP contribution < -0.4 is 10.6 Å². The number of aromatic nitrogens is 1. The first-order valence-corrected chi connectivity index (χ1v) is 5.41. The average molecular weight is 253 g/mol. The molecule has 1 heterocycles. The lowest BCUT2D eigenvalue weighted by molar-refractivity contribution is -0.138. The Kier molecular flexibility index (Phi) is 4.39. The maximum Gasteiger partial charge on any atom is 0.325 e. The van der Waals surface area contributed by atoms with Gasteiger partial charge < -0.3 is 15.4 Å². The molecular weight excluding hydrogens is 238 g/mol. The molecule has 6 heteroatoms. The molecule has 1 aromatic heterocycles. The van der Waals surface area contributed by atoms with E-state index in [1.54, 1.807) is 24.1 Å². The monoisotopic (exact) mass is 253 g/mol. The van der Waals surface area contributed by atoms with Crippen LogP contribution in [0.1, 0.15) is 11.3 Å². The summed E-state index contributed by atoms with van der Waals surface area (Å²) in [5.74, 6) is 0.311. The van der Waals surface area contributed by atoms with Crippen LogP contribution in [0.4, 0.5) is 5.82 Å². The van der Waals surface area contributed by atoms with Crippen LogP contribution in [-0.4, -0.2) is 36.6 Å². The normalized spacial score (nSPS) is 9.82. The summed E-state index contributed by atoms with van der Waals surface area (Å²) >= 11 is 4.92. The van der Waals surface area contributed by atoms with Gasteiger partial charge in [-0.15, -0.1) is 0 Å². The Morgan fingerprint density at radius 3 is 2.76 bits per heavy atom. The van der Waals surface area contributed by atoms with Crippen LogP contribution in [-0.2, 0) is 9.53 Å². The van der Waals surface area contributed by atoms with Gasteiger partial charge in [-0.3, -0.25) is 4.79 Å². The van der Waals surface area contributed by atoms with Crippen LogP contribution >= 0.6 is 12.2 Å². The number of carbonyl (C=O) groups is 1. The lowest BCUT2D eigenvalue weighted by Crippen LogP contribution is -2.27. The van der Waals surface area contributed by atoms with Gasteiger partial charge in [-0.1, -0.05) is 12.2 Å². The summed E-state index contributed by atoms with van der Waals surface area (Å²) in [6.07, 6.45) is 0. The zero-order chi connectivity index (χ0) is 13.0. The Morgan fingerprint density at radius 2 is 2.24 bits per heavy atom. The van der Waals surface area contributed by atoms with Crippen molar-refractivity contribution in [2.75, 3.05) is 25.6 Å². The Labute approximate surface area is 106 Å². The molecule has 17 heavy (non-hydrogen) atoms. The van der Waals surface area contributed by atoms with Crippen molar-refractivity contribution in [1.29, 1.82) is 0 Å². The van der Waals surface area contributed by atoms with Crippen LogP contribution in [0.25, 0.3) is 0 Å². The van der Waals surface area contributed by atoms with Gasteiger partial charge in [0.1, 0.15) is 17.4 Å². The van der Waals surface area contributed by atoms with E-state index in [2.05, 4.69) is 9.72 Å². The van der Waals surface area contributed by atoms with E-state index in [0.29, 0.717) is 10.8 Å². The summed E-state index contributed by atoms with van der Waals surface area (Å²) in [5.41, 5.74) is 7.10. The molecule has 0 saturated carbocycles. The highest BCUT2D eigenvalue weighted by Gasteiger charge is 2.10. The number of hydrogen-bond donors (Lipinski definition) is 1. The van der Waals surface area contributed by atoms with Crippen molar-refractivity contribution in [2.45, 2.75) is 6.92 Å². The molecule has 0 aromatic carbocycles. The molecule has 0 atom stereocenters. The van der Waals surface area contributed by atoms with Gasteiger partial charge in [0.05, 0.1) is 7.11 Å². The molecule has 0 aliphatic heterocycles. The fourth-order valence-corrected chi connectivity index (χ4v) is 1.45. The van der Waals surface area contributed by atoms with Gasteiger partial charge in [0.25, 0.3) is 0 Å². The average Bonchev–Trinajstić information content (AvgIpc) is 2.27. The lowest BCUT2D eigenvalue weighted by Gasteiger charge is -2.17. The molecule has 0 saturated heterocycles. The van der Waals surface area contributed by atoms with Crippen LogP contribution in [0.5, 0.6) is 0 Å². The first-order valence-electron chi connectivity index (χ1n) is 5.00. The highest BCUT2D eigenvalue weighted by atomic mass is 32.1. The summed E-state index contributed by atoms with van der Waals surface area (Å²) < 4.78 is 4.59. The third-order valence-corrected chi connectivity index (χ3v) is 2.45. The van der Waals surface area contributed by atoms with Crippen molar-refractivity contribution < 1.29 is 9.53 Å². The molecule has 2 N–H and O–H groups in total. The lowest BCUT2D eigenvalue weighted by atomic mass is 10.2. The third kappa shape index (κ3) is 3.67. The van der Waals surface area contributed by atoms with Gasteiger partial charge in [-0.25, -0.2) is 4.98 Å². The van der Waals surface area contributed by atoms with Crippen molar-refractivity contribution in [3.63, 3.8) is 0 Å². The summed E-state index contributed by atoms with van der Waals surface area (Å²) in [6.45, 7) is 1.97. The molecule has 0 amide bonds. The van der Waals surface area contributed by atoms with Gasteiger partial charge in [-0.05, 0) is 19.1 Å². The number of carbonyl (C=O) groups excluding carboxylic acids is 1. The predicted octanol–water partition coefficient (Wildman–Crippen LogP) is 0.633. The second-order valence-electron chi connectivity index (χ2n) is 3.65. The zero-order valence-corrected chi connectivity index (χ0v) is 10.9. The number of nitrogens with zero attached hydrogens (tertiary/aromatic N) is 2. The number of rotatable bonds is 4. The van der Waals surface area contributed by atoms with Gasteiger partial charge in [-0.2, -0.15) is 0 Å². The molecule has 1 rings (SSSR count). The zero-order valence-electron chi connectivity index (χ0n) is 10.1. The molecule has 0 bridgehead atoms. The number of thiocarbonyl (C=S) groups is 1. The van der Waals surface area contributed by atoms with Crippen LogP contribution in [0, 0.1) is 6.92 Å². The Balaban J connectivity index is 2.97. The summed E-state index contributed by atoms with van der Waals surface area (Å²) in [6, 6.07) is 3.55. The minimum atomic E-state index is -0.326. The van der Waals surface area contributed by atoms with Crippen LogP contribution in [0.15, 0.2) is 12.1 Å². The van der Waals surface area contributed by atoms with E-state index in [1.807, 2.05) is 6.92 Å². The molecule has 0 aliphatic carbocycles. The molecule has 0 spiro atoms. The summed E-state index contributed by atoms with van der Waals surface area (Å²) in [4.78, 5) is 17.5. The number of nitrogens with two attached hydrogens (primary N) is 1. The number of pyridine rings is 1. The number of anilines is 1. The van der Waals surface area contributed by atoms with E-state index < -0.39 is 0 Å². The Morgan fingerprint density at radius 1 is 1.59 bits per heavy atom. The Hall–Kier alpha value is -1.69. The van der Waals surface area contributed by atoms with Crippen LogP contribution in [0.2, 0.25) is 0 Å². The predicted molar refractivity (Wildman–Crippen MR) is 70.1 cm³/mol. The van der Waals surface area contributed by atoms with Gasteiger partial charge in [0.2, 0.25) is 0 Å². The maximum atomic E-state index is 11.2. The van der Waals surface area contributed by atoms with Crippen molar-refractivity contribution in [3.05, 3.63) is 23.4 Å². The highest BCUT2D eigenvalue weighted by Crippen LogP contribution is 2.13. The molecule has 0 aliphatic rings. The van der Waals surface area contributed by atoms with E-state index in [0.717, 1.165) is 11.3 Å². The van der Waals surface area contributed by atoms with E-state index in [1.165, 1.54) is 7.11 Å². The molecule has 0 radical (unpaired) electrons. The third-order valence-electron chi connectivity index (χ3n) is 2.21.